The molecule has 1 aliphatic heterocycles. The van der Waals surface area contributed by atoms with Gasteiger partial charge >= 0.3 is 6.03 Å². The number of nitrogens with one attached hydrogen (secondary N) is 1. The summed E-state index contributed by atoms with van der Waals surface area (Å²) in [7, 11) is 1.43. The molecule has 0 aromatic rings. The van der Waals surface area contributed by atoms with E-state index in [0.29, 0.717) is 6.42 Å². The number of amides is 2. The van der Waals surface area contributed by atoms with Gasteiger partial charge in [0.25, 0.3) is 0 Å². The summed E-state index contributed by atoms with van der Waals surface area (Å²) < 4.78 is 24.1. The van der Waals surface area contributed by atoms with Crippen LogP contribution in [0.2, 0.25) is 0 Å². The van der Waals surface area contributed by atoms with Gasteiger partial charge < -0.3 is 29.9 Å². The number of carbonyl (C=O) groups excluding carboxylic acids is 1. The molecule has 0 spiro atoms. The molecule has 1 saturated heterocycles. The van der Waals surface area contributed by atoms with Gasteiger partial charge in [0.15, 0.2) is 0 Å². The first-order chi connectivity index (χ1) is 9.28. The van der Waals surface area contributed by atoms with Gasteiger partial charge in [0, 0.05) is 20.1 Å². The molecule has 7 nitrogen and oxygen atoms in total. The number of ether oxygens (including phenoxy) is 2. The summed E-state index contributed by atoms with van der Waals surface area (Å²) in [6, 6.07) is -0.541. The van der Waals surface area contributed by atoms with Crippen LogP contribution in [0.1, 0.15) is 20.3 Å². The van der Waals surface area contributed by atoms with Crippen LogP contribution in [0.5, 0.6) is 0 Å². The van der Waals surface area contributed by atoms with Gasteiger partial charge in [-0.05, 0) is 13.8 Å². The molecule has 1 unspecified atom stereocenters. The number of urea groups is 1. The minimum atomic E-state index is -1.76. The summed E-state index contributed by atoms with van der Waals surface area (Å²) in [4.78, 5) is 12.7. The Morgan fingerprint density at radius 3 is 2.80 bits per heavy atom. The Bertz CT molecular complexity index is 331. The minimum Gasteiger partial charge on any atom is -0.390 e. The van der Waals surface area contributed by atoms with Crippen LogP contribution in [-0.2, 0) is 9.47 Å². The predicted octanol–water partition coefficient (Wildman–Crippen LogP) is -0.182. The third kappa shape index (κ3) is 4.55. The summed E-state index contributed by atoms with van der Waals surface area (Å²) >= 11 is 0. The first-order valence-corrected chi connectivity index (χ1v) is 6.51. The van der Waals surface area contributed by atoms with Crippen LogP contribution in [0.4, 0.5) is 9.18 Å². The number of rotatable bonds is 7. The number of halogens is 1. The highest BCUT2D eigenvalue weighted by Crippen LogP contribution is 2.20. The molecule has 0 saturated carbocycles. The Kier molecular flexibility index (Phi) is 6.12. The quantitative estimate of drug-likeness (QED) is 0.606. The summed E-state index contributed by atoms with van der Waals surface area (Å²) in [5.41, 5.74) is -1.19. The van der Waals surface area contributed by atoms with Crippen LogP contribution in [0.15, 0.2) is 0 Å². The monoisotopic (exact) mass is 294 g/mol. The average Bonchev–Trinajstić information content (AvgIpc) is 2.32. The molecule has 0 radical (unpaired) electrons. The largest absolute Gasteiger partial charge is 0.390 e. The molecule has 0 bridgehead atoms. The van der Waals surface area contributed by atoms with Crippen molar-refractivity contribution >= 4 is 6.03 Å². The first-order valence-electron chi connectivity index (χ1n) is 6.51. The van der Waals surface area contributed by atoms with Crippen molar-refractivity contribution in [2.45, 2.75) is 44.6 Å². The van der Waals surface area contributed by atoms with Crippen LogP contribution >= 0.6 is 0 Å². The molecule has 4 atom stereocenters. The van der Waals surface area contributed by atoms with Crippen molar-refractivity contribution in [1.82, 2.24) is 10.2 Å². The maximum Gasteiger partial charge on any atom is 0.319 e. The summed E-state index contributed by atoms with van der Waals surface area (Å²) in [6.07, 6.45) is -3.26. The zero-order valence-corrected chi connectivity index (χ0v) is 12.0. The maximum atomic E-state index is 14.0. The molecule has 1 aliphatic rings. The molecule has 0 aromatic carbocycles. The van der Waals surface area contributed by atoms with E-state index in [4.69, 9.17) is 9.47 Å². The lowest BCUT2D eigenvalue weighted by atomic mass is 10.0. The van der Waals surface area contributed by atoms with Gasteiger partial charge in [-0.1, -0.05) is 0 Å². The minimum absolute atomic E-state index is 0.0238. The van der Waals surface area contributed by atoms with Crippen molar-refractivity contribution in [3.8, 4) is 0 Å². The molecule has 0 aromatic heterocycles. The number of aliphatic hydroxyl groups is 2. The SMILES string of the molecule is COCC(C)(O[C@H](F)CN1CC[C@H](O)NC1=O)[C@H](C)O. The Hall–Kier alpha value is -0.960. The molecule has 118 valence electrons. The number of nitrogens with zero attached hydrogens (tertiary/aromatic N) is 1. The lowest BCUT2D eigenvalue weighted by Gasteiger charge is -2.36. The summed E-state index contributed by atoms with van der Waals surface area (Å²) in [5.74, 6) is 0. The van der Waals surface area contributed by atoms with Crippen LogP contribution in [0.25, 0.3) is 0 Å². The molecule has 0 aliphatic carbocycles. The van der Waals surface area contributed by atoms with Gasteiger partial charge in [-0.25, -0.2) is 9.18 Å². The summed E-state index contributed by atoms with van der Waals surface area (Å²) in [5, 5.41) is 21.2. The Balaban J connectivity index is 2.53. The van der Waals surface area contributed by atoms with Crippen LogP contribution in [0, 0.1) is 0 Å². The van der Waals surface area contributed by atoms with Gasteiger partial charge in [-0.15, -0.1) is 0 Å². The van der Waals surface area contributed by atoms with Gasteiger partial charge in [-0.2, -0.15) is 0 Å². The van der Waals surface area contributed by atoms with E-state index in [1.807, 2.05) is 0 Å². The molecule has 1 fully saturated rings. The molecule has 1 heterocycles. The van der Waals surface area contributed by atoms with Gasteiger partial charge in [0.05, 0.1) is 19.3 Å². The van der Waals surface area contributed by atoms with Crippen molar-refractivity contribution < 1.29 is 28.9 Å². The van der Waals surface area contributed by atoms with Gasteiger partial charge in [-0.3, -0.25) is 0 Å². The Labute approximate surface area is 117 Å². The van der Waals surface area contributed by atoms with Crippen molar-refractivity contribution in [3.05, 3.63) is 0 Å². The van der Waals surface area contributed by atoms with Crippen molar-refractivity contribution in [1.29, 1.82) is 0 Å². The fourth-order valence-electron chi connectivity index (χ4n) is 1.90. The molecule has 20 heavy (non-hydrogen) atoms. The van der Waals surface area contributed by atoms with E-state index >= 15 is 0 Å². The molecular weight excluding hydrogens is 271 g/mol. The second kappa shape index (κ2) is 7.16. The third-order valence-corrected chi connectivity index (χ3v) is 3.33. The van der Waals surface area contributed by atoms with E-state index in [1.165, 1.54) is 25.9 Å². The van der Waals surface area contributed by atoms with E-state index in [0.717, 1.165) is 0 Å². The zero-order chi connectivity index (χ0) is 15.3. The second-order valence-electron chi connectivity index (χ2n) is 5.15. The van der Waals surface area contributed by atoms with Crippen molar-refractivity contribution in [2.24, 2.45) is 0 Å². The van der Waals surface area contributed by atoms with E-state index in [-0.39, 0.29) is 19.7 Å². The fraction of sp³-hybridized carbons (Fsp3) is 0.917. The van der Waals surface area contributed by atoms with E-state index in [9.17, 15) is 19.4 Å². The van der Waals surface area contributed by atoms with Crippen LogP contribution in [0.3, 0.4) is 0 Å². The normalized spacial score (nSPS) is 25.8. The lowest BCUT2D eigenvalue weighted by Crippen LogP contribution is -2.54. The molecule has 3 N–H and O–H groups in total. The smallest absolute Gasteiger partial charge is 0.319 e. The number of hydrogen-bond acceptors (Lipinski definition) is 5. The Morgan fingerprint density at radius 1 is 1.65 bits per heavy atom. The predicted molar refractivity (Wildman–Crippen MR) is 68.7 cm³/mol. The van der Waals surface area contributed by atoms with Crippen molar-refractivity contribution in [2.75, 3.05) is 26.8 Å². The summed E-state index contributed by atoms with van der Waals surface area (Å²) in [6.45, 7) is 3.01. The molecule has 1 rings (SSSR count). The molecule has 8 heteroatoms. The number of hydrogen-bond donors (Lipinski definition) is 3. The number of carbonyl (C=O) groups is 1. The fourth-order valence-corrected chi connectivity index (χ4v) is 1.90. The van der Waals surface area contributed by atoms with Crippen molar-refractivity contribution in [3.63, 3.8) is 0 Å². The highest BCUT2D eigenvalue weighted by molar-refractivity contribution is 5.75. The number of aliphatic hydroxyl groups excluding tert-OH is 2. The van der Waals surface area contributed by atoms with Crippen LogP contribution < -0.4 is 5.32 Å². The van der Waals surface area contributed by atoms with Gasteiger partial charge in [0.1, 0.15) is 11.8 Å². The third-order valence-electron chi connectivity index (χ3n) is 3.33. The highest BCUT2D eigenvalue weighted by Gasteiger charge is 2.36. The first kappa shape index (κ1) is 17.1. The maximum absolute atomic E-state index is 14.0. The second-order valence-corrected chi connectivity index (χ2v) is 5.15. The Morgan fingerprint density at radius 2 is 2.30 bits per heavy atom. The molecule has 2 amide bonds. The number of alkyl halides is 1. The topological polar surface area (TPSA) is 91.3 Å². The molecular formula is C12H23FN2O5. The standard InChI is InChI=1S/C12H23FN2O5/c1-8(16)12(2,7-19-3)20-9(13)6-15-5-4-10(17)14-11(15)18/h8-10,16-17H,4-7H2,1-3H3,(H,14,18)/t8-,9-,10-,12?/m0/s1. The highest BCUT2D eigenvalue weighted by atomic mass is 19.1. The number of methoxy groups -OCH3 is 1. The zero-order valence-electron chi connectivity index (χ0n) is 12.0. The lowest BCUT2D eigenvalue weighted by molar-refractivity contribution is -0.203. The average molecular weight is 294 g/mol. The van der Waals surface area contributed by atoms with E-state index in [1.54, 1.807) is 0 Å². The van der Waals surface area contributed by atoms with Gasteiger partial charge in [0.2, 0.25) is 6.36 Å². The van der Waals surface area contributed by atoms with E-state index < -0.39 is 30.3 Å². The van der Waals surface area contributed by atoms with E-state index in [2.05, 4.69) is 5.32 Å². The van der Waals surface area contributed by atoms with Crippen LogP contribution in [-0.4, -0.2) is 72.2 Å².